The Bertz CT molecular complexity index is 259. The molecule has 1 nitrogen and oxygen atoms in total. The molecule has 0 aromatic carbocycles. The molecule has 2 fully saturated rings. The van der Waals surface area contributed by atoms with Gasteiger partial charge in [0.25, 0.3) is 0 Å². The Morgan fingerprint density at radius 2 is 1.32 bits per heavy atom. The van der Waals surface area contributed by atoms with E-state index >= 15 is 0 Å². The van der Waals surface area contributed by atoms with Crippen molar-refractivity contribution in [2.75, 3.05) is 6.61 Å². The third-order valence-corrected chi connectivity index (χ3v) is 6.26. The third-order valence-electron chi connectivity index (χ3n) is 6.26. The average molecular weight is 309 g/mol. The van der Waals surface area contributed by atoms with Crippen molar-refractivity contribution in [2.24, 2.45) is 17.8 Å². The van der Waals surface area contributed by atoms with Gasteiger partial charge in [-0.2, -0.15) is 0 Å². The molecule has 0 unspecified atom stereocenters. The predicted molar refractivity (Wildman–Crippen MR) is 96.2 cm³/mol. The molecule has 22 heavy (non-hydrogen) atoms. The summed E-state index contributed by atoms with van der Waals surface area (Å²) in [5.74, 6) is 3.00. The highest BCUT2D eigenvalue weighted by Gasteiger charge is 2.21. The molecule has 2 rings (SSSR count). The molecular formula is C21H40O. The first kappa shape index (κ1) is 18.3. The maximum atomic E-state index is 6.17. The van der Waals surface area contributed by atoms with Crippen LogP contribution in [-0.4, -0.2) is 12.7 Å². The molecule has 0 spiro atoms. The fraction of sp³-hybridized carbons (Fsp3) is 1.00. The molecule has 0 saturated heterocycles. The van der Waals surface area contributed by atoms with Gasteiger partial charge in [0.2, 0.25) is 0 Å². The van der Waals surface area contributed by atoms with Crippen molar-refractivity contribution >= 4 is 0 Å². The van der Waals surface area contributed by atoms with Gasteiger partial charge in [0.05, 0.1) is 6.10 Å². The van der Waals surface area contributed by atoms with Crippen LogP contribution < -0.4 is 0 Å². The molecule has 0 atom stereocenters. The third kappa shape index (κ3) is 7.02. The molecule has 1 heteroatoms. The van der Waals surface area contributed by atoms with E-state index in [0.717, 1.165) is 24.4 Å². The molecular weight excluding hydrogens is 268 g/mol. The fourth-order valence-electron chi connectivity index (χ4n) is 4.51. The van der Waals surface area contributed by atoms with Crippen LogP contribution in [0.1, 0.15) is 104 Å². The first-order valence-electron chi connectivity index (χ1n) is 10.4. The van der Waals surface area contributed by atoms with Gasteiger partial charge in [-0.15, -0.1) is 0 Å². The lowest BCUT2D eigenvalue weighted by Crippen LogP contribution is -2.22. The molecule has 130 valence electrons. The monoisotopic (exact) mass is 308 g/mol. The Morgan fingerprint density at radius 3 is 1.95 bits per heavy atom. The van der Waals surface area contributed by atoms with Gasteiger partial charge >= 0.3 is 0 Å². The molecule has 0 bridgehead atoms. The Kier molecular flexibility index (Phi) is 8.89. The molecule has 2 aliphatic rings. The molecule has 0 radical (unpaired) electrons. The second kappa shape index (κ2) is 10.7. The van der Waals surface area contributed by atoms with E-state index in [1.165, 1.54) is 89.9 Å². The van der Waals surface area contributed by atoms with E-state index in [9.17, 15) is 0 Å². The number of hydrogen-bond donors (Lipinski definition) is 0. The lowest BCUT2D eigenvalue weighted by molar-refractivity contribution is 0.0132. The molecule has 0 amide bonds. The maximum Gasteiger partial charge on any atom is 0.0575 e. The summed E-state index contributed by atoms with van der Waals surface area (Å²) in [6.07, 6.45) is 20.4. The van der Waals surface area contributed by atoms with Gasteiger partial charge in [-0.05, 0) is 56.3 Å². The zero-order chi connectivity index (χ0) is 15.6. The second-order valence-corrected chi connectivity index (χ2v) is 8.28. The van der Waals surface area contributed by atoms with Crippen molar-refractivity contribution in [2.45, 2.75) is 110 Å². The van der Waals surface area contributed by atoms with Gasteiger partial charge < -0.3 is 4.74 Å². The van der Waals surface area contributed by atoms with Crippen molar-refractivity contribution < 1.29 is 4.74 Å². The number of rotatable bonds is 9. The van der Waals surface area contributed by atoms with Crippen molar-refractivity contribution in [3.63, 3.8) is 0 Å². The predicted octanol–water partition coefficient (Wildman–Crippen LogP) is 6.75. The molecule has 2 aliphatic carbocycles. The van der Waals surface area contributed by atoms with E-state index in [1.54, 1.807) is 0 Å². The zero-order valence-electron chi connectivity index (χ0n) is 15.3. The summed E-state index contributed by atoms with van der Waals surface area (Å²) in [5, 5.41) is 0. The summed E-state index contributed by atoms with van der Waals surface area (Å²) in [6, 6.07) is 0. The summed E-state index contributed by atoms with van der Waals surface area (Å²) in [6.45, 7) is 5.74. The summed E-state index contributed by atoms with van der Waals surface area (Å²) in [5.41, 5.74) is 0. The fourth-order valence-corrected chi connectivity index (χ4v) is 4.51. The van der Waals surface area contributed by atoms with E-state index < -0.39 is 0 Å². The van der Waals surface area contributed by atoms with Crippen LogP contribution in [0.25, 0.3) is 0 Å². The van der Waals surface area contributed by atoms with Gasteiger partial charge in [0.1, 0.15) is 0 Å². The number of hydrogen-bond acceptors (Lipinski definition) is 1. The smallest absolute Gasteiger partial charge is 0.0575 e. The van der Waals surface area contributed by atoms with Gasteiger partial charge in [-0.1, -0.05) is 65.2 Å². The van der Waals surface area contributed by atoms with Gasteiger partial charge in [-0.3, -0.25) is 0 Å². The topological polar surface area (TPSA) is 9.23 Å². The largest absolute Gasteiger partial charge is 0.378 e. The molecule has 0 aliphatic heterocycles. The Morgan fingerprint density at radius 1 is 0.727 bits per heavy atom. The van der Waals surface area contributed by atoms with Crippen molar-refractivity contribution in [3.05, 3.63) is 0 Å². The maximum absolute atomic E-state index is 6.17. The lowest BCUT2D eigenvalue weighted by Gasteiger charge is -2.29. The van der Waals surface area contributed by atoms with Crippen molar-refractivity contribution in [1.29, 1.82) is 0 Å². The standard InChI is InChI=1S/C21H40O/c1-3-4-5-7-19-13-15-21(16-14-19)22-17-6-8-20-11-9-18(2)10-12-20/h18-21H,3-17H2,1-2H3/t18-,19?,20-,21?. The zero-order valence-corrected chi connectivity index (χ0v) is 15.3. The van der Waals surface area contributed by atoms with E-state index in [-0.39, 0.29) is 0 Å². The van der Waals surface area contributed by atoms with Crippen LogP contribution in [0.4, 0.5) is 0 Å². The van der Waals surface area contributed by atoms with E-state index in [4.69, 9.17) is 4.74 Å². The second-order valence-electron chi connectivity index (χ2n) is 8.28. The Balaban J connectivity index is 1.45. The highest BCUT2D eigenvalue weighted by atomic mass is 16.5. The minimum Gasteiger partial charge on any atom is -0.378 e. The van der Waals surface area contributed by atoms with Crippen LogP contribution in [0, 0.1) is 17.8 Å². The SMILES string of the molecule is CCCCCC1CCC(OCCC[C@H]2CC[C@H](C)CC2)CC1. The molecule has 0 aromatic heterocycles. The molecule has 0 N–H and O–H groups in total. The summed E-state index contributed by atoms with van der Waals surface area (Å²) >= 11 is 0. The van der Waals surface area contributed by atoms with Crippen molar-refractivity contribution in [3.8, 4) is 0 Å². The van der Waals surface area contributed by atoms with Crippen LogP contribution in [0.15, 0.2) is 0 Å². The minimum absolute atomic E-state index is 0.591. The summed E-state index contributed by atoms with van der Waals surface area (Å²) in [7, 11) is 0. The van der Waals surface area contributed by atoms with E-state index in [0.29, 0.717) is 6.10 Å². The van der Waals surface area contributed by atoms with Crippen LogP contribution in [0.3, 0.4) is 0 Å². The highest BCUT2D eigenvalue weighted by molar-refractivity contribution is 4.73. The Hall–Kier alpha value is -0.0400. The average Bonchev–Trinajstić information content (AvgIpc) is 2.55. The van der Waals surface area contributed by atoms with Crippen molar-refractivity contribution in [1.82, 2.24) is 0 Å². The minimum atomic E-state index is 0.591. The number of unbranched alkanes of at least 4 members (excludes halogenated alkanes) is 2. The Labute approximate surface area is 139 Å². The van der Waals surface area contributed by atoms with Crippen LogP contribution in [0.5, 0.6) is 0 Å². The highest BCUT2D eigenvalue weighted by Crippen LogP contribution is 2.32. The summed E-state index contributed by atoms with van der Waals surface area (Å²) < 4.78 is 6.17. The lowest BCUT2D eigenvalue weighted by atomic mass is 9.81. The normalized spacial score (nSPS) is 33.0. The van der Waals surface area contributed by atoms with E-state index in [1.807, 2.05) is 0 Å². The van der Waals surface area contributed by atoms with Crippen LogP contribution in [0.2, 0.25) is 0 Å². The van der Waals surface area contributed by atoms with E-state index in [2.05, 4.69) is 13.8 Å². The quantitative estimate of drug-likeness (QED) is 0.428. The molecule has 2 saturated carbocycles. The van der Waals surface area contributed by atoms with Gasteiger partial charge in [-0.25, -0.2) is 0 Å². The summed E-state index contributed by atoms with van der Waals surface area (Å²) in [4.78, 5) is 0. The first-order chi connectivity index (χ1) is 10.8. The van der Waals surface area contributed by atoms with Gasteiger partial charge in [0.15, 0.2) is 0 Å². The number of ether oxygens (including phenoxy) is 1. The van der Waals surface area contributed by atoms with Crippen LogP contribution in [-0.2, 0) is 4.74 Å². The molecule has 0 aromatic rings. The van der Waals surface area contributed by atoms with Gasteiger partial charge in [0, 0.05) is 6.61 Å². The van der Waals surface area contributed by atoms with Crippen LogP contribution >= 0.6 is 0 Å². The molecule has 0 heterocycles. The first-order valence-corrected chi connectivity index (χ1v) is 10.4.